The first-order valence-corrected chi connectivity index (χ1v) is 9.50. The highest BCUT2D eigenvalue weighted by atomic mass is 35.5. The topological polar surface area (TPSA) is 51.1 Å². The van der Waals surface area contributed by atoms with Gasteiger partial charge in [-0.25, -0.2) is 8.42 Å². The lowest BCUT2D eigenvalue weighted by atomic mass is 10.2. The monoisotopic (exact) mass is 328 g/mol. The third kappa shape index (κ3) is 4.46. The number of nitrogens with zero attached hydrogens (tertiary/aromatic N) is 1. The van der Waals surface area contributed by atoms with Gasteiger partial charge in [0, 0.05) is 41.5 Å². The van der Waals surface area contributed by atoms with Gasteiger partial charge in [0.1, 0.15) is 9.84 Å². The van der Waals surface area contributed by atoms with Crippen LogP contribution in [-0.2, 0) is 22.9 Å². The van der Waals surface area contributed by atoms with Crippen LogP contribution in [0.1, 0.15) is 18.9 Å². The number of fused-ring (bicyclic) bond motifs is 1. The molecular formula is C15H21ClN2O2S. The molecule has 0 unspecified atom stereocenters. The van der Waals surface area contributed by atoms with Gasteiger partial charge in [-0.1, -0.05) is 24.6 Å². The largest absolute Gasteiger partial charge is 0.346 e. The first-order chi connectivity index (χ1) is 9.90. The quantitative estimate of drug-likeness (QED) is 0.795. The van der Waals surface area contributed by atoms with Gasteiger partial charge in [-0.2, -0.15) is 0 Å². The van der Waals surface area contributed by atoms with Crippen molar-refractivity contribution in [2.45, 2.75) is 26.4 Å². The fourth-order valence-electron chi connectivity index (χ4n) is 2.33. The Bertz CT molecular complexity index is 723. The Balaban J connectivity index is 2.32. The molecule has 0 amide bonds. The molecule has 1 aromatic carbocycles. The van der Waals surface area contributed by atoms with E-state index in [1.165, 1.54) is 11.8 Å². The van der Waals surface area contributed by atoms with E-state index >= 15 is 0 Å². The molecule has 21 heavy (non-hydrogen) atoms. The minimum absolute atomic E-state index is 0.130. The first-order valence-electron chi connectivity index (χ1n) is 7.06. The number of hydrogen-bond acceptors (Lipinski definition) is 3. The number of aryl methyl sites for hydroxylation is 1. The summed E-state index contributed by atoms with van der Waals surface area (Å²) in [6, 6.07) is 5.76. The number of nitrogens with one attached hydrogen (secondary N) is 1. The second-order valence-corrected chi connectivity index (χ2v) is 8.01. The Labute approximate surface area is 131 Å². The maximum atomic E-state index is 11.4. The minimum atomic E-state index is -2.98. The third-order valence-corrected chi connectivity index (χ3v) is 4.53. The molecule has 6 heteroatoms. The van der Waals surface area contributed by atoms with Crippen molar-refractivity contribution in [2.24, 2.45) is 0 Å². The van der Waals surface area contributed by atoms with Crippen LogP contribution in [0, 0.1) is 0 Å². The summed E-state index contributed by atoms with van der Waals surface area (Å²) < 4.78 is 24.7. The number of rotatable bonds is 7. The van der Waals surface area contributed by atoms with Crippen molar-refractivity contribution < 1.29 is 8.42 Å². The van der Waals surface area contributed by atoms with Crippen LogP contribution in [0.4, 0.5) is 0 Å². The number of hydrogen-bond donors (Lipinski definition) is 1. The number of sulfone groups is 1. The van der Waals surface area contributed by atoms with E-state index in [9.17, 15) is 8.42 Å². The summed E-state index contributed by atoms with van der Waals surface area (Å²) in [5.74, 6) is 0.130. The Morgan fingerprint density at radius 2 is 2.10 bits per heavy atom. The second kappa shape index (κ2) is 6.81. The molecule has 2 aromatic rings. The zero-order valence-corrected chi connectivity index (χ0v) is 14.0. The van der Waals surface area contributed by atoms with Gasteiger partial charge in [-0.3, -0.25) is 0 Å². The summed E-state index contributed by atoms with van der Waals surface area (Å²) in [5.41, 5.74) is 2.16. The number of aromatic nitrogens is 1. The maximum absolute atomic E-state index is 11.4. The Morgan fingerprint density at radius 1 is 1.33 bits per heavy atom. The standard InChI is InChI=1S/C15H21ClN2O2S/c1-3-6-17-10-12-11-18(7-8-21(2,19)20)15-9-13(16)4-5-14(12)15/h4-5,9,11,17H,3,6-8,10H2,1-2H3. The van der Waals surface area contributed by atoms with Crippen LogP contribution < -0.4 is 5.32 Å². The summed E-state index contributed by atoms with van der Waals surface area (Å²) >= 11 is 6.07. The molecule has 1 heterocycles. The highest BCUT2D eigenvalue weighted by molar-refractivity contribution is 7.90. The molecule has 0 atom stereocenters. The molecule has 0 radical (unpaired) electrons. The van der Waals surface area contributed by atoms with Crippen LogP contribution in [0.15, 0.2) is 24.4 Å². The van der Waals surface area contributed by atoms with Gasteiger partial charge < -0.3 is 9.88 Å². The van der Waals surface area contributed by atoms with E-state index < -0.39 is 9.84 Å². The van der Waals surface area contributed by atoms with E-state index in [-0.39, 0.29) is 5.75 Å². The molecule has 0 aliphatic carbocycles. The average Bonchev–Trinajstić information content (AvgIpc) is 2.73. The van der Waals surface area contributed by atoms with Crippen molar-refractivity contribution in [3.05, 3.63) is 35.0 Å². The van der Waals surface area contributed by atoms with Crippen molar-refractivity contribution >= 4 is 32.3 Å². The number of halogens is 1. The minimum Gasteiger partial charge on any atom is -0.346 e. The molecular weight excluding hydrogens is 308 g/mol. The molecule has 0 bridgehead atoms. The molecule has 2 rings (SSSR count). The zero-order chi connectivity index (χ0) is 15.5. The van der Waals surface area contributed by atoms with E-state index in [2.05, 4.69) is 12.2 Å². The van der Waals surface area contributed by atoms with Crippen LogP contribution in [0.2, 0.25) is 5.02 Å². The lowest BCUT2D eigenvalue weighted by Crippen LogP contribution is -2.13. The van der Waals surface area contributed by atoms with Crippen LogP contribution in [0.25, 0.3) is 10.9 Å². The third-order valence-electron chi connectivity index (χ3n) is 3.37. The molecule has 0 fully saturated rings. The van der Waals surface area contributed by atoms with Crippen LogP contribution in [0.5, 0.6) is 0 Å². The van der Waals surface area contributed by atoms with Gasteiger partial charge in [0.2, 0.25) is 0 Å². The Morgan fingerprint density at radius 3 is 2.76 bits per heavy atom. The lowest BCUT2D eigenvalue weighted by molar-refractivity contribution is 0.595. The van der Waals surface area contributed by atoms with E-state index in [0.717, 1.165) is 30.4 Å². The summed E-state index contributed by atoms with van der Waals surface area (Å²) in [6.07, 6.45) is 4.36. The number of benzene rings is 1. The Hall–Kier alpha value is -1.04. The molecule has 116 valence electrons. The normalized spacial score (nSPS) is 12.1. The highest BCUT2D eigenvalue weighted by Crippen LogP contribution is 2.25. The van der Waals surface area contributed by atoms with Crippen LogP contribution in [0.3, 0.4) is 0 Å². The fraction of sp³-hybridized carbons (Fsp3) is 0.467. The predicted octanol–water partition coefficient (Wildman–Crippen LogP) is 2.84. The summed E-state index contributed by atoms with van der Waals surface area (Å²) in [5, 5.41) is 5.16. The lowest BCUT2D eigenvalue weighted by Gasteiger charge is -2.04. The van der Waals surface area contributed by atoms with Gasteiger partial charge in [0.25, 0.3) is 0 Å². The van der Waals surface area contributed by atoms with Gasteiger partial charge >= 0.3 is 0 Å². The van der Waals surface area contributed by atoms with Crippen LogP contribution >= 0.6 is 11.6 Å². The first kappa shape index (κ1) is 16.3. The van der Waals surface area contributed by atoms with E-state index in [0.29, 0.717) is 11.6 Å². The second-order valence-electron chi connectivity index (χ2n) is 5.32. The van der Waals surface area contributed by atoms with Crippen molar-refractivity contribution in [1.29, 1.82) is 0 Å². The molecule has 4 nitrogen and oxygen atoms in total. The highest BCUT2D eigenvalue weighted by Gasteiger charge is 2.11. The van der Waals surface area contributed by atoms with Gasteiger partial charge in [0.05, 0.1) is 5.75 Å². The molecule has 0 spiro atoms. The van der Waals surface area contributed by atoms with Crippen LogP contribution in [-0.4, -0.2) is 31.5 Å². The maximum Gasteiger partial charge on any atom is 0.149 e. The summed E-state index contributed by atoms with van der Waals surface area (Å²) in [6.45, 7) is 4.31. The Kier molecular flexibility index (Phi) is 5.30. The predicted molar refractivity (Wildman–Crippen MR) is 88.7 cm³/mol. The van der Waals surface area contributed by atoms with Crippen molar-refractivity contribution in [2.75, 3.05) is 18.6 Å². The van der Waals surface area contributed by atoms with E-state index in [4.69, 9.17) is 11.6 Å². The van der Waals surface area contributed by atoms with Crippen molar-refractivity contribution in [1.82, 2.24) is 9.88 Å². The molecule has 1 N–H and O–H groups in total. The summed E-state index contributed by atoms with van der Waals surface area (Å²) in [7, 11) is -2.98. The molecule has 0 aliphatic heterocycles. The molecule has 0 aliphatic rings. The smallest absolute Gasteiger partial charge is 0.149 e. The fourth-order valence-corrected chi connectivity index (χ4v) is 3.03. The molecule has 0 saturated heterocycles. The van der Waals surface area contributed by atoms with Crippen molar-refractivity contribution in [3.8, 4) is 0 Å². The van der Waals surface area contributed by atoms with Gasteiger partial charge in [0.15, 0.2) is 0 Å². The molecule has 1 aromatic heterocycles. The summed E-state index contributed by atoms with van der Waals surface area (Å²) in [4.78, 5) is 0. The van der Waals surface area contributed by atoms with E-state index in [1.54, 1.807) is 0 Å². The molecule has 0 saturated carbocycles. The van der Waals surface area contributed by atoms with Gasteiger partial charge in [-0.15, -0.1) is 0 Å². The van der Waals surface area contributed by atoms with Crippen molar-refractivity contribution in [3.63, 3.8) is 0 Å². The zero-order valence-electron chi connectivity index (χ0n) is 12.4. The SMILES string of the molecule is CCCNCc1cn(CCS(C)(=O)=O)c2cc(Cl)ccc12. The average molecular weight is 329 g/mol. The van der Waals surface area contributed by atoms with E-state index in [1.807, 2.05) is 29.0 Å². The van der Waals surface area contributed by atoms with Gasteiger partial charge in [-0.05, 0) is 30.7 Å².